The maximum Gasteiger partial charge on any atom is 0.128 e. The summed E-state index contributed by atoms with van der Waals surface area (Å²) in [4.78, 5) is 0. The highest BCUT2D eigenvalue weighted by Crippen LogP contribution is 2.35. The van der Waals surface area contributed by atoms with E-state index >= 15 is 0 Å². The van der Waals surface area contributed by atoms with Crippen LogP contribution in [0, 0.1) is 5.82 Å². The van der Waals surface area contributed by atoms with Crippen molar-refractivity contribution in [1.29, 1.82) is 0 Å². The minimum Gasteiger partial charge on any atom is -0.483 e. The number of fused-ring (bicyclic) bond motifs is 1. The second-order valence-electron chi connectivity index (χ2n) is 7.43. The molecule has 0 aliphatic carbocycles. The fourth-order valence-electron chi connectivity index (χ4n) is 3.44. The third-order valence-corrected chi connectivity index (χ3v) is 5.16. The first-order chi connectivity index (χ1) is 13.6. The highest BCUT2D eigenvalue weighted by atomic mass is 19.1. The third-order valence-electron chi connectivity index (χ3n) is 5.16. The van der Waals surface area contributed by atoms with Crippen molar-refractivity contribution in [3.63, 3.8) is 0 Å². The molecule has 0 aromatic heterocycles. The monoisotopic (exact) mass is 373 g/mol. The van der Waals surface area contributed by atoms with Gasteiger partial charge in [0.15, 0.2) is 0 Å². The number of halogens is 1. The molecule has 1 heterocycles. The molecule has 28 heavy (non-hydrogen) atoms. The average molecular weight is 373 g/mol. The van der Waals surface area contributed by atoms with Crippen LogP contribution in [0.15, 0.2) is 78.9 Å². The number of ether oxygens (including phenoxy) is 1. The fraction of sp³-hybridized carbons (Fsp3) is 0.200. The van der Waals surface area contributed by atoms with E-state index in [-0.39, 0.29) is 11.4 Å². The quantitative estimate of drug-likeness (QED) is 0.553. The van der Waals surface area contributed by atoms with E-state index in [0.29, 0.717) is 12.1 Å². The van der Waals surface area contributed by atoms with E-state index in [1.807, 2.05) is 30.3 Å². The predicted molar refractivity (Wildman–Crippen MR) is 113 cm³/mol. The van der Waals surface area contributed by atoms with Crippen LogP contribution in [0.25, 0.3) is 6.08 Å². The molecule has 3 aromatic carbocycles. The summed E-state index contributed by atoms with van der Waals surface area (Å²) in [5.41, 5.74) is 3.64. The van der Waals surface area contributed by atoms with Gasteiger partial charge in [-0.05, 0) is 55.7 Å². The number of anilines is 1. The molecule has 1 aliphatic heterocycles. The largest absolute Gasteiger partial charge is 0.483 e. The van der Waals surface area contributed by atoms with E-state index in [9.17, 15) is 4.39 Å². The van der Waals surface area contributed by atoms with Gasteiger partial charge in [-0.2, -0.15) is 0 Å². The number of benzene rings is 3. The highest BCUT2D eigenvalue weighted by molar-refractivity contribution is 5.66. The Morgan fingerprint density at radius 2 is 1.75 bits per heavy atom. The van der Waals surface area contributed by atoms with Crippen molar-refractivity contribution in [3.8, 4) is 5.75 Å². The lowest BCUT2D eigenvalue weighted by molar-refractivity contribution is 0.128. The summed E-state index contributed by atoms with van der Waals surface area (Å²) in [6, 6.07) is 23.3. The maximum atomic E-state index is 13.8. The van der Waals surface area contributed by atoms with Gasteiger partial charge in [0.2, 0.25) is 0 Å². The van der Waals surface area contributed by atoms with Crippen molar-refractivity contribution in [2.45, 2.75) is 31.9 Å². The summed E-state index contributed by atoms with van der Waals surface area (Å²) in [5.74, 6) is 0.694. The minimum absolute atomic E-state index is 0.189. The molecule has 0 spiro atoms. The normalized spacial score (nSPS) is 17.6. The van der Waals surface area contributed by atoms with Gasteiger partial charge in [0, 0.05) is 23.4 Å². The lowest BCUT2D eigenvalue weighted by Gasteiger charge is -2.32. The van der Waals surface area contributed by atoms with Crippen LogP contribution in [0.1, 0.15) is 30.0 Å². The van der Waals surface area contributed by atoms with Gasteiger partial charge >= 0.3 is 0 Å². The van der Waals surface area contributed by atoms with Crippen LogP contribution in [0.3, 0.4) is 0 Å². The number of rotatable bonds is 6. The predicted octanol–water partition coefficient (Wildman–Crippen LogP) is 6.23. The van der Waals surface area contributed by atoms with Crippen LogP contribution in [-0.2, 0) is 13.0 Å². The number of hydrogen-bond donors (Lipinski definition) is 1. The van der Waals surface area contributed by atoms with Crippen molar-refractivity contribution >= 4 is 11.8 Å². The summed E-state index contributed by atoms with van der Waals surface area (Å²) in [5, 5.41) is 3.29. The summed E-state index contributed by atoms with van der Waals surface area (Å²) >= 11 is 0. The van der Waals surface area contributed by atoms with Crippen LogP contribution >= 0.6 is 0 Å². The molecular formula is C25H24FNO. The zero-order valence-corrected chi connectivity index (χ0v) is 16.0. The molecule has 3 heteroatoms. The molecule has 0 saturated carbocycles. The Morgan fingerprint density at radius 3 is 2.57 bits per heavy atom. The second-order valence-corrected chi connectivity index (χ2v) is 7.43. The van der Waals surface area contributed by atoms with E-state index in [0.717, 1.165) is 29.8 Å². The Hall–Kier alpha value is -3.07. The van der Waals surface area contributed by atoms with E-state index in [2.05, 4.69) is 48.7 Å². The summed E-state index contributed by atoms with van der Waals surface area (Å²) in [6.45, 7) is 2.57. The van der Waals surface area contributed by atoms with Gasteiger partial charge < -0.3 is 10.1 Å². The molecule has 0 saturated heterocycles. The van der Waals surface area contributed by atoms with Crippen molar-refractivity contribution < 1.29 is 9.13 Å². The first-order valence-electron chi connectivity index (χ1n) is 9.65. The first kappa shape index (κ1) is 18.3. The fourth-order valence-corrected chi connectivity index (χ4v) is 3.44. The summed E-state index contributed by atoms with van der Waals surface area (Å²) in [6.07, 6.45) is 6.15. The van der Waals surface area contributed by atoms with Crippen molar-refractivity contribution in [2.75, 3.05) is 5.32 Å². The molecule has 0 bridgehead atoms. The van der Waals surface area contributed by atoms with Gasteiger partial charge in [0.1, 0.15) is 17.2 Å². The van der Waals surface area contributed by atoms with E-state index in [1.54, 1.807) is 12.1 Å². The van der Waals surface area contributed by atoms with Gasteiger partial charge in [-0.15, -0.1) is 0 Å². The number of nitrogens with one attached hydrogen (secondary N) is 1. The molecule has 1 N–H and O–H groups in total. The zero-order valence-electron chi connectivity index (χ0n) is 16.0. The van der Waals surface area contributed by atoms with Crippen LogP contribution in [0.4, 0.5) is 10.1 Å². The highest BCUT2D eigenvalue weighted by Gasteiger charge is 2.27. The van der Waals surface area contributed by atoms with Crippen LogP contribution < -0.4 is 10.1 Å². The first-order valence-corrected chi connectivity index (χ1v) is 9.65. The molecule has 0 fully saturated rings. The van der Waals surface area contributed by atoms with Crippen LogP contribution in [0.2, 0.25) is 0 Å². The van der Waals surface area contributed by atoms with Crippen molar-refractivity contribution in [3.05, 3.63) is 101 Å². The van der Waals surface area contributed by atoms with E-state index in [1.165, 1.54) is 11.6 Å². The van der Waals surface area contributed by atoms with Crippen LogP contribution in [-0.4, -0.2) is 5.60 Å². The standard InChI is InChI=1S/C25H24FNO/c1-25(15-13-19-7-3-2-4-8-19)16-14-20-17-22(11-12-24(20)28-25)27-18-21-9-5-6-10-23(21)26/h2-12,14,16-17,27H,13,15,18H2,1H3. The lowest BCUT2D eigenvalue weighted by Crippen LogP contribution is -2.32. The maximum absolute atomic E-state index is 13.8. The molecule has 1 atom stereocenters. The number of aryl methyl sites for hydroxylation is 1. The third kappa shape index (κ3) is 4.25. The molecule has 4 rings (SSSR count). The lowest BCUT2D eigenvalue weighted by atomic mass is 9.93. The summed E-state index contributed by atoms with van der Waals surface area (Å²) in [7, 11) is 0. The van der Waals surface area contributed by atoms with Gasteiger partial charge in [0.25, 0.3) is 0 Å². The Labute approximate surface area is 165 Å². The zero-order chi connectivity index (χ0) is 19.4. The van der Waals surface area contributed by atoms with Crippen LogP contribution in [0.5, 0.6) is 5.75 Å². The molecular weight excluding hydrogens is 349 g/mol. The van der Waals surface area contributed by atoms with Gasteiger partial charge in [-0.25, -0.2) is 4.39 Å². The van der Waals surface area contributed by atoms with E-state index < -0.39 is 0 Å². The average Bonchev–Trinajstić information content (AvgIpc) is 2.73. The molecule has 3 aromatic rings. The number of hydrogen-bond acceptors (Lipinski definition) is 2. The minimum atomic E-state index is -0.315. The molecule has 0 radical (unpaired) electrons. The van der Waals surface area contributed by atoms with Crippen molar-refractivity contribution in [2.24, 2.45) is 0 Å². The summed E-state index contributed by atoms with van der Waals surface area (Å²) < 4.78 is 20.1. The Balaban J connectivity index is 1.41. The van der Waals surface area contributed by atoms with Crippen molar-refractivity contribution in [1.82, 2.24) is 0 Å². The Bertz CT molecular complexity index is 983. The van der Waals surface area contributed by atoms with E-state index in [4.69, 9.17) is 4.74 Å². The second kappa shape index (κ2) is 7.89. The topological polar surface area (TPSA) is 21.3 Å². The van der Waals surface area contributed by atoms with Gasteiger partial charge in [-0.1, -0.05) is 54.6 Å². The Kier molecular flexibility index (Phi) is 5.16. The smallest absolute Gasteiger partial charge is 0.128 e. The van der Waals surface area contributed by atoms with Gasteiger partial charge in [0.05, 0.1) is 0 Å². The Morgan fingerprint density at radius 1 is 0.964 bits per heavy atom. The molecule has 1 aliphatic rings. The molecule has 2 nitrogen and oxygen atoms in total. The SMILES string of the molecule is CC1(CCc2ccccc2)C=Cc2cc(NCc3ccccc3F)ccc2O1. The molecule has 0 amide bonds. The van der Waals surface area contributed by atoms with Gasteiger partial charge in [-0.3, -0.25) is 0 Å². The molecule has 142 valence electrons. The molecule has 1 unspecified atom stereocenters.